The normalized spacial score (nSPS) is 26.5. The van der Waals surface area contributed by atoms with Crippen molar-refractivity contribution in [1.82, 2.24) is 0 Å². The summed E-state index contributed by atoms with van der Waals surface area (Å²) in [5.74, 6) is 2.83. The van der Waals surface area contributed by atoms with Crippen molar-refractivity contribution in [1.29, 1.82) is 0 Å². The first kappa shape index (κ1) is 11.0. The van der Waals surface area contributed by atoms with Crippen molar-refractivity contribution in [3.63, 3.8) is 0 Å². The van der Waals surface area contributed by atoms with Gasteiger partial charge in [-0.3, -0.25) is 0 Å². The Morgan fingerprint density at radius 2 is 2.20 bits per heavy atom. The molecule has 0 aliphatic carbocycles. The van der Waals surface area contributed by atoms with Crippen LogP contribution in [0.5, 0.6) is 0 Å². The van der Waals surface area contributed by atoms with E-state index in [1.54, 1.807) is 12.1 Å². The van der Waals surface area contributed by atoms with Gasteiger partial charge in [0.2, 0.25) is 0 Å². The molecule has 2 rings (SSSR count). The van der Waals surface area contributed by atoms with Crippen LogP contribution in [0.3, 0.4) is 0 Å². The van der Waals surface area contributed by atoms with Gasteiger partial charge in [0, 0.05) is 5.75 Å². The van der Waals surface area contributed by atoms with E-state index in [0.717, 1.165) is 23.5 Å². The van der Waals surface area contributed by atoms with Gasteiger partial charge in [0.05, 0.1) is 0 Å². The van der Waals surface area contributed by atoms with Crippen LogP contribution in [0.15, 0.2) is 24.3 Å². The van der Waals surface area contributed by atoms with Crippen LogP contribution in [0.2, 0.25) is 0 Å². The summed E-state index contributed by atoms with van der Waals surface area (Å²) in [7, 11) is 0. The summed E-state index contributed by atoms with van der Waals surface area (Å²) in [5, 5.41) is 0. The molecule has 0 saturated carbocycles. The zero-order valence-electron chi connectivity index (χ0n) is 8.66. The van der Waals surface area contributed by atoms with E-state index < -0.39 is 0 Å². The maximum Gasteiger partial charge on any atom is 0.126 e. The third-order valence-corrected chi connectivity index (χ3v) is 4.23. The third kappa shape index (κ3) is 2.34. The lowest BCUT2D eigenvalue weighted by atomic mass is 9.85. The second-order valence-corrected chi connectivity index (χ2v) is 5.14. The Morgan fingerprint density at radius 3 is 2.93 bits per heavy atom. The molecule has 15 heavy (non-hydrogen) atoms. The van der Waals surface area contributed by atoms with E-state index in [1.165, 1.54) is 0 Å². The topological polar surface area (TPSA) is 26.0 Å². The standard InChI is InChI=1S/C12H16FNS/c13-12-4-2-1-3-10(12)11-8-15-6-5-9(11)7-14/h1-4,9,11H,5-8,14H2. The molecule has 1 fully saturated rings. The minimum Gasteiger partial charge on any atom is -0.330 e. The van der Waals surface area contributed by atoms with Gasteiger partial charge in [-0.05, 0) is 42.2 Å². The Kier molecular flexibility index (Phi) is 3.65. The van der Waals surface area contributed by atoms with E-state index in [4.69, 9.17) is 5.73 Å². The largest absolute Gasteiger partial charge is 0.330 e. The number of halogens is 1. The maximum atomic E-state index is 13.6. The smallest absolute Gasteiger partial charge is 0.126 e. The molecule has 1 aromatic rings. The fraction of sp³-hybridized carbons (Fsp3) is 0.500. The molecule has 2 N–H and O–H groups in total. The third-order valence-electron chi connectivity index (χ3n) is 3.11. The van der Waals surface area contributed by atoms with E-state index in [1.807, 2.05) is 23.9 Å². The lowest BCUT2D eigenvalue weighted by molar-refractivity contribution is 0.426. The Balaban J connectivity index is 2.24. The highest BCUT2D eigenvalue weighted by molar-refractivity contribution is 7.99. The minimum absolute atomic E-state index is 0.0801. The highest BCUT2D eigenvalue weighted by atomic mass is 32.2. The predicted octanol–water partition coefficient (Wildman–Crippen LogP) is 2.62. The van der Waals surface area contributed by atoms with Crippen LogP contribution in [-0.4, -0.2) is 18.1 Å². The molecule has 1 aromatic carbocycles. The Bertz CT molecular complexity index is 329. The summed E-state index contributed by atoms with van der Waals surface area (Å²) < 4.78 is 13.6. The molecule has 1 nitrogen and oxygen atoms in total. The molecule has 0 amide bonds. The van der Waals surface area contributed by atoms with E-state index in [2.05, 4.69) is 0 Å². The van der Waals surface area contributed by atoms with Crippen molar-refractivity contribution >= 4 is 11.8 Å². The van der Waals surface area contributed by atoms with Gasteiger partial charge < -0.3 is 5.73 Å². The molecule has 1 aliphatic rings. The molecule has 3 heteroatoms. The van der Waals surface area contributed by atoms with Crippen molar-refractivity contribution in [2.45, 2.75) is 12.3 Å². The van der Waals surface area contributed by atoms with E-state index in [0.29, 0.717) is 18.4 Å². The summed E-state index contributed by atoms with van der Waals surface area (Å²) in [6, 6.07) is 7.09. The van der Waals surface area contributed by atoms with Crippen molar-refractivity contribution in [2.75, 3.05) is 18.1 Å². The van der Waals surface area contributed by atoms with Gasteiger partial charge in [-0.25, -0.2) is 4.39 Å². The Morgan fingerprint density at radius 1 is 1.40 bits per heavy atom. The SMILES string of the molecule is NCC1CCSCC1c1ccccc1F. The molecule has 2 unspecified atom stereocenters. The first-order chi connectivity index (χ1) is 7.33. The van der Waals surface area contributed by atoms with Crippen LogP contribution in [-0.2, 0) is 0 Å². The monoisotopic (exact) mass is 225 g/mol. The van der Waals surface area contributed by atoms with Crippen molar-refractivity contribution < 1.29 is 4.39 Å². The summed E-state index contributed by atoms with van der Waals surface area (Å²) in [4.78, 5) is 0. The number of thioether (sulfide) groups is 1. The van der Waals surface area contributed by atoms with E-state index >= 15 is 0 Å². The molecule has 1 heterocycles. The molecule has 2 atom stereocenters. The van der Waals surface area contributed by atoms with Gasteiger partial charge in [0.15, 0.2) is 0 Å². The summed E-state index contributed by atoms with van der Waals surface area (Å²) >= 11 is 1.90. The fourth-order valence-corrected chi connectivity index (χ4v) is 3.53. The minimum atomic E-state index is -0.0801. The number of rotatable bonds is 2. The predicted molar refractivity (Wildman–Crippen MR) is 63.6 cm³/mol. The van der Waals surface area contributed by atoms with E-state index in [9.17, 15) is 4.39 Å². The maximum absolute atomic E-state index is 13.6. The molecule has 82 valence electrons. The van der Waals surface area contributed by atoms with Crippen molar-refractivity contribution in [2.24, 2.45) is 11.7 Å². The molecule has 0 bridgehead atoms. The zero-order chi connectivity index (χ0) is 10.7. The van der Waals surface area contributed by atoms with Gasteiger partial charge in [-0.15, -0.1) is 0 Å². The Labute approximate surface area is 94.2 Å². The van der Waals surface area contributed by atoms with Crippen LogP contribution >= 0.6 is 11.8 Å². The van der Waals surface area contributed by atoms with Gasteiger partial charge in [0.25, 0.3) is 0 Å². The molecule has 0 radical (unpaired) electrons. The lowest BCUT2D eigenvalue weighted by Gasteiger charge is -2.30. The second-order valence-electron chi connectivity index (χ2n) is 3.99. The van der Waals surface area contributed by atoms with Crippen molar-refractivity contribution in [3.8, 4) is 0 Å². The van der Waals surface area contributed by atoms with E-state index in [-0.39, 0.29) is 5.82 Å². The van der Waals surface area contributed by atoms with Gasteiger partial charge >= 0.3 is 0 Å². The summed E-state index contributed by atoms with van der Waals surface area (Å²) in [6.45, 7) is 0.666. The molecule has 1 aliphatic heterocycles. The quantitative estimate of drug-likeness (QED) is 0.837. The van der Waals surface area contributed by atoms with Crippen molar-refractivity contribution in [3.05, 3.63) is 35.6 Å². The molecular weight excluding hydrogens is 209 g/mol. The highest BCUT2D eigenvalue weighted by Gasteiger charge is 2.27. The Hall–Kier alpha value is -0.540. The van der Waals surface area contributed by atoms with Crippen LogP contribution in [0.4, 0.5) is 4.39 Å². The van der Waals surface area contributed by atoms with Crippen LogP contribution in [0, 0.1) is 11.7 Å². The van der Waals surface area contributed by atoms with Crippen LogP contribution in [0.1, 0.15) is 17.9 Å². The first-order valence-corrected chi connectivity index (χ1v) is 6.50. The zero-order valence-corrected chi connectivity index (χ0v) is 9.47. The molecule has 1 saturated heterocycles. The second kappa shape index (κ2) is 4.99. The fourth-order valence-electron chi connectivity index (χ4n) is 2.18. The first-order valence-electron chi connectivity index (χ1n) is 5.35. The number of hydrogen-bond donors (Lipinski definition) is 1. The number of hydrogen-bond acceptors (Lipinski definition) is 2. The lowest BCUT2D eigenvalue weighted by Crippen LogP contribution is -2.28. The van der Waals surface area contributed by atoms with Gasteiger partial charge in [-0.1, -0.05) is 18.2 Å². The number of benzene rings is 1. The molecule has 0 aromatic heterocycles. The molecular formula is C12H16FNS. The van der Waals surface area contributed by atoms with Crippen LogP contribution in [0.25, 0.3) is 0 Å². The number of nitrogens with two attached hydrogens (primary N) is 1. The molecule has 0 spiro atoms. The summed E-state index contributed by atoms with van der Waals surface area (Å²) in [6.07, 6.45) is 1.11. The van der Waals surface area contributed by atoms with Gasteiger partial charge in [0.1, 0.15) is 5.82 Å². The average molecular weight is 225 g/mol. The van der Waals surface area contributed by atoms with Crippen LogP contribution < -0.4 is 5.73 Å². The van der Waals surface area contributed by atoms with Gasteiger partial charge in [-0.2, -0.15) is 11.8 Å². The average Bonchev–Trinajstić information content (AvgIpc) is 2.30. The highest BCUT2D eigenvalue weighted by Crippen LogP contribution is 2.36. The summed E-state index contributed by atoms with van der Waals surface area (Å²) in [5.41, 5.74) is 6.60.